The van der Waals surface area contributed by atoms with Crippen molar-refractivity contribution >= 4 is 17.1 Å². The average Bonchev–Trinajstić information content (AvgIpc) is 2.34. The van der Waals surface area contributed by atoms with Gasteiger partial charge in [-0.05, 0) is 18.4 Å². The standard InChI is InChI=1S/C8H10OS/c1-6(9-3)8-4-5-10-7(8)2/h4-5H,1H2,2-3H3. The number of aryl methyl sites for hydroxylation is 1. The first-order valence-corrected chi connectivity index (χ1v) is 3.91. The Kier molecular flexibility index (Phi) is 2.12. The largest absolute Gasteiger partial charge is 0.497 e. The predicted molar refractivity (Wildman–Crippen MR) is 45.1 cm³/mol. The van der Waals surface area contributed by atoms with Crippen molar-refractivity contribution in [3.63, 3.8) is 0 Å². The lowest BCUT2D eigenvalue weighted by Gasteiger charge is -2.01. The van der Waals surface area contributed by atoms with Crippen LogP contribution in [0.4, 0.5) is 0 Å². The Balaban J connectivity index is 2.93. The van der Waals surface area contributed by atoms with Gasteiger partial charge >= 0.3 is 0 Å². The van der Waals surface area contributed by atoms with Gasteiger partial charge in [0, 0.05) is 10.4 Å². The predicted octanol–water partition coefficient (Wildman–Crippen LogP) is 2.67. The van der Waals surface area contributed by atoms with E-state index in [9.17, 15) is 0 Å². The summed E-state index contributed by atoms with van der Waals surface area (Å²) in [5.41, 5.74) is 1.12. The fourth-order valence-corrected chi connectivity index (χ4v) is 1.50. The van der Waals surface area contributed by atoms with Gasteiger partial charge in [0.1, 0.15) is 5.76 Å². The third kappa shape index (κ3) is 1.21. The highest BCUT2D eigenvalue weighted by molar-refractivity contribution is 7.10. The van der Waals surface area contributed by atoms with Gasteiger partial charge in [-0.1, -0.05) is 6.58 Å². The molecule has 1 nitrogen and oxygen atoms in total. The normalized spacial score (nSPS) is 9.40. The van der Waals surface area contributed by atoms with Gasteiger partial charge in [0.15, 0.2) is 0 Å². The van der Waals surface area contributed by atoms with E-state index in [-0.39, 0.29) is 0 Å². The third-order valence-electron chi connectivity index (χ3n) is 1.41. The first-order valence-electron chi connectivity index (χ1n) is 3.03. The summed E-state index contributed by atoms with van der Waals surface area (Å²) in [6.07, 6.45) is 0. The van der Waals surface area contributed by atoms with Crippen LogP contribution in [0.1, 0.15) is 10.4 Å². The Morgan fingerprint density at radius 1 is 1.70 bits per heavy atom. The molecule has 0 saturated heterocycles. The second-order valence-electron chi connectivity index (χ2n) is 2.02. The quantitative estimate of drug-likeness (QED) is 0.595. The Morgan fingerprint density at radius 3 is 2.80 bits per heavy atom. The van der Waals surface area contributed by atoms with Crippen LogP contribution in [-0.2, 0) is 4.74 Å². The second kappa shape index (κ2) is 2.88. The number of hydrogen-bond donors (Lipinski definition) is 0. The zero-order valence-corrected chi connectivity index (χ0v) is 6.99. The van der Waals surface area contributed by atoms with E-state index in [1.54, 1.807) is 18.4 Å². The summed E-state index contributed by atoms with van der Waals surface area (Å²) in [6.45, 7) is 5.82. The van der Waals surface area contributed by atoms with Crippen LogP contribution < -0.4 is 0 Å². The molecule has 1 rings (SSSR count). The first kappa shape index (κ1) is 7.35. The molecule has 0 N–H and O–H groups in total. The van der Waals surface area contributed by atoms with Crippen LogP contribution in [0, 0.1) is 6.92 Å². The molecule has 54 valence electrons. The Bertz CT molecular complexity index is 237. The molecule has 2 heteroatoms. The minimum atomic E-state index is 0.749. The maximum absolute atomic E-state index is 4.99. The summed E-state index contributed by atoms with van der Waals surface area (Å²) in [7, 11) is 1.64. The molecule has 0 spiro atoms. The van der Waals surface area contributed by atoms with E-state index in [0.29, 0.717) is 0 Å². The second-order valence-corrected chi connectivity index (χ2v) is 3.14. The molecule has 0 bridgehead atoms. The van der Waals surface area contributed by atoms with Crippen molar-refractivity contribution in [3.8, 4) is 0 Å². The van der Waals surface area contributed by atoms with Crippen LogP contribution in [-0.4, -0.2) is 7.11 Å². The van der Waals surface area contributed by atoms with E-state index in [1.165, 1.54) is 4.88 Å². The molecule has 0 aliphatic carbocycles. The average molecular weight is 154 g/mol. The van der Waals surface area contributed by atoms with E-state index in [4.69, 9.17) is 4.74 Å². The molecule has 0 saturated carbocycles. The molecule has 10 heavy (non-hydrogen) atoms. The van der Waals surface area contributed by atoms with Gasteiger partial charge in [-0.15, -0.1) is 11.3 Å². The smallest absolute Gasteiger partial charge is 0.120 e. The summed E-state index contributed by atoms with van der Waals surface area (Å²) in [4.78, 5) is 1.26. The lowest BCUT2D eigenvalue weighted by Crippen LogP contribution is -1.83. The zero-order valence-electron chi connectivity index (χ0n) is 6.18. The zero-order chi connectivity index (χ0) is 7.56. The molecular weight excluding hydrogens is 144 g/mol. The van der Waals surface area contributed by atoms with Crippen molar-refractivity contribution in [3.05, 3.63) is 28.5 Å². The van der Waals surface area contributed by atoms with Gasteiger partial charge in [-0.2, -0.15) is 0 Å². The summed E-state index contributed by atoms with van der Waals surface area (Å²) >= 11 is 1.71. The first-order chi connectivity index (χ1) is 4.75. The van der Waals surface area contributed by atoms with Crippen LogP contribution >= 0.6 is 11.3 Å². The maximum Gasteiger partial charge on any atom is 0.120 e. The topological polar surface area (TPSA) is 9.23 Å². The van der Waals surface area contributed by atoms with Crippen LogP contribution in [0.25, 0.3) is 5.76 Å². The lowest BCUT2D eigenvalue weighted by molar-refractivity contribution is 0.371. The van der Waals surface area contributed by atoms with Gasteiger partial charge in [-0.25, -0.2) is 0 Å². The van der Waals surface area contributed by atoms with Gasteiger partial charge in [0.2, 0.25) is 0 Å². The molecule has 0 aliphatic heterocycles. The summed E-state index contributed by atoms with van der Waals surface area (Å²) in [6, 6.07) is 2.02. The van der Waals surface area contributed by atoms with E-state index in [2.05, 4.69) is 13.5 Å². The van der Waals surface area contributed by atoms with Gasteiger partial charge < -0.3 is 4.74 Å². The number of hydrogen-bond acceptors (Lipinski definition) is 2. The lowest BCUT2D eigenvalue weighted by atomic mass is 10.2. The van der Waals surface area contributed by atoms with Crippen molar-refractivity contribution in [2.24, 2.45) is 0 Å². The van der Waals surface area contributed by atoms with Gasteiger partial charge in [0.05, 0.1) is 7.11 Å². The molecule has 0 unspecified atom stereocenters. The molecular formula is C8H10OS. The summed E-state index contributed by atoms with van der Waals surface area (Å²) in [5.74, 6) is 0.749. The molecule has 1 heterocycles. The number of methoxy groups -OCH3 is 1. The summed E-state index contributed by atoms with van der Waals surface area (Å²) in [5, 5.41) is 2.04. The molecule has 0 radical (unpaired) electrons. The number of ether oxygens (including phenoxy) is 1. The van der Waals surface area contributed by atoms with Gasteiger partial charge in [0.25, 0.3) is 0 Å². The van der Waals surface area contributed by atoms with Crippen molar-refractivity contribution in [2.75, 3.05) is 7.11 Å². The Labute approximate surface area is 65.0 Å². The molecule has 1 aromatic rings. The van der Waals surface area contributed by atoms with E-state index in [0.717, 1.165) is 11.3 Å². The Hall–Kier alpha value is -0.760. The molecule has 1 aromatic heterocycles. The van der Waals surface area contributed by atoms with Crippen molar-refractivity contribution in [1.29, 1.82) is 0 Å². The molecule has 0 amide bonds. The van der Waals surface area contributed by atoms with Crippen molar-refractivity contribution in [2.45, 2.75) is 6.92 Å². The minimum absolute atomic E-state index is 0.749. The Morgan fingerprint density at radius 2 is 2.40 bits per heavy atom. The van der Waals surface area contributed by atoms with E-state index < -0.39 is 0 Å². The van der Waals surface area contributed by atoms with Crippen LogP contribution in [0.2, 0.25) is 0 Å². The fourth-order valence-electron chi connectivity index (χ4n) is 0.784. The van der Waals surface area contributed by atoms with E-state index >= 15 is 0 Å². The highest BCUT2D eigenvalue weighted by Gasteiger charge is 2.01. The fraction of sp³-hybridized carbons (Fsp3) is 0.250. The third-order valence-corrected chi connectivity index (χ3v) is 2.25. The highest BCUT2D eigenvalue weighted by atomic mass is 32.1. The van der Waals surface area contributed by atoms with Crippen LogP contribution in [0.15, 0.2) is 18.0 Å². The van der Waals surface area contributed by atoms with E-state index in [1.807, 2.05) is 11.4 Å². The summed E-state index contributed by atoms with van der Waals surface area (Å²) < 4.78 is 4.99. The van der Waals surface area contributed by atoms with Crippen LogP contribution in [0.3, 0.4) is 0 Å². The maximum atomic E-state index is 4.99. The SMILES string of the molecule is C=C(OC)c1ccsc1C. The number of rotatable bonds is 2. The highest BCUT2D eigenvalue weighted by Crippen LogP contribution is 2.21. The van der Waals surface area contributed by atoms with Crippen LogP contribution in [0.5, 0.6) is 0 Å². The molecule has 0 aliphatic rings. The number of thiophene rings is 1. The van der Waals surface area contributed by atoms with Gasteiger partial charge in [-0.3, -0.25) is 0 Å². The monoisotopic (exact) mass is 154 g/mol. The minimum Gasteiger partial charge on any atom is -0.497 e. The van der Waals surface area contributed by atoms with Crippen molar-refractivity contribution < 1.29 is 4.74 Å². The van der Waals surface area contributed by atoms with Crippen molar-refractivity contribution in [1.82, 2.24) is 0 Å². The molecule has 0 atom stereocenters. The molecule has 0 aromatic carbocycles. The molecule has 0 fully saturated rings.